The predicted octanol–water partition coefficient (Wildman–Crippen LogP) is 2.77. The van der Waals surface area contributed by atoms with Gasteiger partial charge in [-0.15, -0.1) is 5.10 Å². The van der Waals surface area contributed by atoms with E-state index in [1.54, 1.807) is 4.52 Å². The van der Waals surface area contributed by atoms with Gasteiger partial charge in [0.15, 0.2) is 0 Å². The third kappa shape index (κ3) is 3.38. The average Bonchev–Trinajstić information content (AvgIpc) is 3.27. The molecule has 0 radical (unpaired) electrons. The number of nitrogens with one attached hydrogen (secondary N) is 1. The summed E-state index contributed by atoms with van der Waals surface area (Å²) in [7, 11) is 0. The van der Waals surface area contributed by atoms with Gasteiger partial charge < -0.3 is 5.32 Å². The van der Waals surface area contributed by atoms with E-state index in [9.17, 15) is 4.79 Å². The number of nitrogens with zero attached hydrogens (tertiary/aromatic N) is 4. The lowest BCUT2D eigenvalue weighted by atomic mass is 9.84. The van der Waals surface area contributed by atoms with Crippen molar-refractivity contribution in [3.63, 3.8) is 0 Å². The van der Waals surface area contributed by atoms with Gasteiger partial charge in [0.1, 0.15) is 0 Å². The lowest BCUT2D eigenvalue weighted by molar-refractivity contribution is -0.119. The summed E-state index contributed by atoms with van der Waals surface area (Å²) in [6.45, 7) is 6.08. The number of amides is 1. The summed E-state index contributed by atoms with van der Waals surface area (Å²) < 4.78 is 1.73. The third-order valence-corrected chi connectivity index (χ3v) is 6.59. The normalized spacial score (nSPS) is 26.3. The highest BCUT2D eigenvalue weighted by Gasteiger charge is 2.42. The summed E-state index contributed by atoms with van der Waals surface area (Å²) in [6.07, 6.45) is 5.40. The van der Waals surface area contributed by atoms with E-state index >= 15 is 0 Å². The van der Waals surface area contributed by atoms with Crippen LogP contribution in [0, 0.1) is 31.6 Å². The molecule has 6 nitrogen and oxygen atoms in total. The minimum Gasteiger partial charge on any atom is -0.353 e. The zero-order chi connectivity index (χ0) is 17.6. The predicted molar refractivity (Wildman–Crippen MR) is 97.5 cm³/mol. The van der Waals surface area contributed by atoms with Crippen LogP contribution in [0.3, 0.4) is 0 Å². The first-order chi connectivity index (χ1) is 12.0. The zero-order valence-electron chi connectivity index (χ0n) is 15.0. The van der Waals surface area contributed by atoms with Crippen molar-refractivity contribution in [2.75, 3.05) is 5.75 Å². The summed E-state index contributed by atoms with van der Waals surface area (Å²) in [6, 6.07) is 2.24. The molecule has 2 bridgehead atoms. The molecule has 1 amide bonds. The summed E-state index contributed by atoms with van der Waals surface area (Å²) in [4.78, 5) is 21.1. The molecule has 2 fully saturated rings. The highest BCUT2D eigenvalue weighted by atomic mass is 32.2. The van der Waals surface area contributed by atoms with Crippen LogP contribution in [-0.2, 0) is 4.79 Å². The highest BCUT2D eigenvalue weighted by Crippen LogP contribution is 2.49. The molecule has 25 heavy (non-hydrogen) atoms. The number of aromatic nitrogens is 4. The second-order valence-corrected chi connectivity index (χ2v) is 8.57. The topological polar surface area (TPSA) is 72.2 Å². The van der Waals surface area contributed by atoms with Crippen LogP contribution >= 0.6 is 11.8 Å². The Morgan fingerprint density at radius 1 is 1.36 bits per heavy atom. The fraction of sp³-hybridized carbons (Fsp3) is 0.667. The van der Waals surface area contributed by atoms with Gasteiger partial charge in [-0.1, -0.05) is 18.2 Å². The van der Waals surface area contributed by atoms with Crippen molar-refractivity contribution in [1.29, 1.82) is 0 Å². The van der Waals surface area contributed by atoms with Crippen molar-refractivity contribution in [2.45, 2.75) is 57.7 Å². The Morgan fingerprint density at radius 3 is 2.92 bits per heavy atom. The second-order valence-electron chi connectivity index (χ2n) is 7.63. The molecule has 2 aliphatic rings. The molecular formula is C18H25N5OS. The van der Waals surface area contributed by atoms with E-state index in [1.165, 1.54) is 37.4 Å². The first-order valence-corrected chi connectivity index (χ1v) is 10.1. The Bertz CT molecular complexity index is 804. The monoisotopic (exact) mass is 359 g/mol. The molecule has 2 aromatic heterocycles. The fourth-order valence-corrected chi connectivity index (χ4v) is 5.28. The van der Waals surface area contributed by atoms with Gasteiger partial charge in [-0.2, -0.15) is 4.98 Å². The summed E-state index contributed by atoms with van der Waals surface area (Å²) in [5.74, 6) is 3.40. The molecule has 0 aliphatic heterocycles. The maximum atomic E-state index is 12.3. The van der Waals surface area contributed by atoms with Crippen LogP contribution in [0.1, 0.15) is 44.0 Å². The van der Waals surface area contributed by atoms with Crippen molar-refractivity contribution < 1.29 is 4.79 Å². The van der Waals surface area contributed by atoms with Crippen molar-refractivity contribution in [3.05, 3.63) is 17.5 Å². The number of carbonyl (C=O) groups excluding carboxylic acids is 1. The first-order valence-electron chi connectivity index (χ1n) is 9.13. The van der Waals surface area contributed by atoms with Gasteiger partial charge in [-0.05, 0) is 63.9 Å². The Kier molecular flexibility index (Phi) is 4.43. The van der Waals surface area contributed by atoms with Crippen molar-refractivity contribution in [2.24, 2.45) is 17.8 Å². The molecule has 4 rings (SSSR count). The Labute approximate surface area is 152 Å². The smallest absolute Gasteiger partial charge is 0.253 e. The molecule has 0 saturated heterocycles. The van der Waals surface area contributed by atoms with Crippen molar-refractivity contribution in [1.82, 2.24) is 24.9 Å². The molecule has 2 aliphatic carbocycles. The van der Waals surface area contributed by atoms with Crippen LogP contribution in [0.25, 0.3) is 5.78 Å². The number of hydrogen-bond acceptors (Lipinski definition) is 5. The van der Waals surface area contributed by atoms with E-state index in [2.05, 4.69) is 27.3 Å². The van der Waals surface area contributed by atoms with E-state index in [4.69, 9.17) is 0 Å². The summed E-state index contributed by atoms with van der Waals surface area (Å²) in [5, 5.41) is 8.23. The maximum absolute atomic E-state index is 12.3. The second kappa shape index (κ2) is 6.59. The highest BCUT2D eigenvalue weighted by molar-refractivity contribution is 7.99. The standard InChI is InChI=1S/C18H25N5OS/c1-10-6-11(2)23-17(19-10)21-18(22-23)25-9-16(24)20-12(3)15-8-13-4-5-14(15)7-13/h6,12-15H,4-5,7-9H2,1-3H3,(H,20,24)/t12-,13+,14+,15-/m1/s1. The molecule has 0 aromatic carbocycles. The molecule has 2 aromatic rings. The summed E-state index contributed by atoms with van der Waals surface area (Å²) in [5.41, 5.74) is 1.92. The van der Waals surface area contributed by atoms with E-state index < -0.39 is 0 Å². The molecule has 0 spiro atoms. The molecular weight excluding hydrogens is 334 g/mol. The van der Waals surface area contributed by atoms with Gasteiger partial charge in [-0.25, -0.2) is 9.50 Å². The average molecular weight is 359 g/mol. The zero-order valence-corrected chi connectivity index (χ0v) is 15.8. The number of fused-ring (bicyclic) bond motifs is 3. The maximum Gasteiger partial charge on any atom is 0.253 e. The van der Waals surface area contributed by atoms with Gasteiger partial charge >= 0.3 is 0 Å². The summed E-state index contributed by atoms with van der Waals surface area (Å²) >= 11 is 1.37. The quantitative estimate of drug-likeness (QED) is 0.831. The largest absolute Gasteiger partial charge is 0.353 e. The van der Waals surface area contributed by atoms with Crippen LogP contribution < -0.4 is 5.32 Å². The Balaban J connectivity index is 1.33. The van der Waals surface area contributed by atoms with Crippen LogP contribution in [0.15, 0.2) is 11.2 Å². The van der Waals surface area contributed by atoms with Gasteiger partial charge in [0.05, 0.1) is 5.75 Å². The van der Waals surface area contributed by atoms with Crippen LogP contribution in [0.2, 0.25) is 0 Å². The number of thioether (sulfide) groups is 1. The minimum absolute atomic E-state index is 0.0694. The number of rotatable bonds is 5. The van der Waals surface area contributed by atoms with Gasteiger partial charge in [-0.3, -0.25) is 4.79 Å². The molecule has 7 heteroatoms. The number of carbonyl (C=O) groups is 1. The Morgan fingerprint density at radius 2 is 2.20 bits per heavy atom. The van der Waals surface area contributed by atoms with E-state index in [0.717, 1.165) is 23.2 Å². The first kappa shape index (κ1) is 16.8. The van der Waals surface area contributed by atoms with Gasteiger partial charge in [0, 0.05) is 17.4 Å². The number of hydrogen-bond donors (Lipinski definition) is 1. The van der Waals surface area contributed by atoms with E-state index in [0.29, 0.717) is 22.6 Å². The van der Waals surface area contributed by atoms with E-state index in [1.807, 2.05) is 19.9 Å². The van der Waals surface area contributed by atoms with Gasteiger partial charge in [0.25, 0.3) is 5.78 Å². The fourth-order valence-electron chi connectivity index (χ4n) is 4.65. The molecule has 2 saturated carbocycles. The molecule has 0 unspecified atom stereocenters. The molecule has 1 N–H and O–H groups in total. The van der Waals surface area contributed by atoms with Crippen molar-refractivity contribution >= 4 is 23.4 Å². The van der Waals surface area contributed by atoms with Gasteiger partial charge in [0.2, 0.25) is 11.1 Å². The van der Waals surface area contributed by atoms with E-state index in [-0.39, 0.29) is 11.9 Å². The number of aryl methyl sites for hydroxylation is 2. The minimum atomic E-state index is 0.0694. The molecule has 2 heterocycles. The molecule has 4 atom stereocenters. The van der Waals surface area contributed by atoms with Crippen LogP contribution in [0.5, 0.6) is 0 Å². The molecule has 134 valence electrons. The SMILES string of the molecule is Cc1cc(C)n2nc(SCC(=O)N[C@H](C)[C@H]3C[C@H]4CC[C@H]3C4)nc2n1. The third-order valence-electron chi connectivity index (χ3n) is 5.75. The lowest BCUT2D eigenvalue weighted by Crippen LogP contribution is -2.40. The van der Waals surface area contributed by atoms with Crippen LogP contribution in [-0.4, -0.2) is 37.3 Å². The van der Waals surface area contributed by atoms with Crippen LogP contribution in [0.4, 0.5) is 0 Å². The lowest BCUT2D eigenvalue weighted by Gasteiger charge is -2.28. The Hall–Kier alpha value is -1.63. The van der Waals surface area contributed by atoms with Crippen molar-refractivity contribution in [3.8, 4) is 0 Å².